The molecule has 6 heteroatoms. The van der Waals surface area contributed by atoms with Crippen molar-refractivity contribution in [1.29, 1.82) is 0 Å². The number of hydrogen-bond acceptors (Lipinski definition) is 4. The van der Waals surface area contributed by atoms with Gasteiger partial charge in [-0.1, -0.05) is 0 Å². The van der Waals surface area contributed by atoms with Crippen molar-refractivity contribution in [2.24, 2.45) is 0 Å². The van der Waals surface area contributed by atoms with Crippen LogP contribution in [0, 0.1) is 6.92 Å². The second-order valence-corrected chi connectivity index (χ2v) is 4.60. The number of aliphatic carboxylic acids is 1. The van der Waals surface area contributed by atoms with Gasteiger partial charge in [0.25, 0.3) is 5.56 Å². The molecule has 0 amide bonds. The molecule has 0 unspecified atom stereocenters. The Morgan fingerprint density at radius 1 is 1.33 bits per heavy atom. The molecule has 0 radical (unpaired) electrons. The molecule has 1 aromatic heterocycles. The van der Waals surface area contributed by atoms with Crippen molar-refractivity contribution in [2.75, 3.05) is 7.11 Å². The van der Waals surface area contributed by atoms with Crippen molar-refractivity contribution in [2.45, 2.75) is 19.8 Å². The largest absolute Gasteiger partial charge is 0.497 e. The van der Waals surface area contributed by atoms with Gasteiger partial charge in [-0.15, -0.1) is 0 Å². The smallest absolute Gasteiger partial charge is 0.303 e. The summed E-state index contributed by atoms with van der Waals surface area (Å²) >= 11 is 0. The minimum absolute atomic E-state index is 0.0898. The number of carboxylic acid groups (broad SMARTS) is 1. The molecule has 0 bridgehead atoms. The van der Waals surface area contributed by atoms with Crippen LogP contribution in [0.1, 0.15) is 17.7 Å². The first-order chi connectivity index (χ1) is 10.0. The molecule has 1 heterocycles. The van der Waals surface area contributed by atoms with Gasteiger partial charge in [0.05, 0.1) is 7.11 Å². The molecule has 2 N–H and O–H groups in total. The van der Waals surface area contributed by atoms with Crippen molar-refractivity contribution in [1.82, 2.24) is 9.97 Å². The van der Waals surface area contributed by atoms with Crippen molar-refractivity contribution in [3.63, 3.8) is 0 Å². The lowest BCUT2D eigenvalue weighted by Gasteiger charge is -2.07. The average Bonchev–Trinajstić information content (AvgIpc) is 2.46. The number of methoxy groups -OCH3 is 1. The Balaban J connectivity index is 2.34. The predicted octanol–water partition coefficient (Wildman–Crippen LogP) is 1.77. The molecule has 0 spiro atoms. The Hall–Kier alpha value is -2.63. The monoisotopic (exact) mass is 288 g/mol. The summed E-state index contributed by atoms with van der Waals surface area (Å²) in [5.74, 6) is 0.239. The second-order valence-electron chi connectivity index (χ2n) is 4.60. The molecule has 0 atom stereocenters. The van der Waals surface area contributed by atoms with E-state index in [1.54, 1.807) is 38.3 Å². The number of nitrogens with zero attached hydrogens (tertiary/aromatic N) is 1. The van der Waals surface area contributed by atoms with Gasteiger partial charge in [0.2, 0.25) is 0 Å². The fourth-order valence-corrected chi connectivity index (χ4v) is 2.02. The highest BCUT2D eigenvalue weighted by Crippen LogP contribution is 2.19. The fraction of sp³-hybridized carbons (Fsp3) is 0.267. The molecule has 2 rings (SSSR count). The van der Waals surface area contributed by atoms with Crippen LogP contribution in [-0.2, 0) is 11.2 Å². The molecule has 0 fully saturated rings. The van der Waals surface area contributed by atoms with Crippen LogP contribution in [0.15, 0.2) is 29.1 Å². The quantitative estimate of drug-likeness (QED) is 0.874. The minimum atomic E-state index is -0.937. The van der Waals surface area contributed by atoms with Crippen molar-refractivity contribution < 1.29 is 14.6 Å². The summed E-state index contributed by atoms with van der Waals surface area (Å²) in [5, 5.41) is 8.69. The molecule has 0 saturated carbocycles. The first-order valence-electron chi connectivity index (χ1n) is 6.47. The highest BCUT2D eigenvalue weighted by molar-refractivity contribution is 5.67. The number of aromatic amines is 1. The van der Waals surface area contributed by atoms with Crippen molar-refractivity contribution in [3.8, 4) is 17.1 Å². The van der Waals surface area contributed by atoms with Gasteiger partial charge in [-0.05, 0) is 37.6 Å². The molecule has 0 saturated heterocycles. The van der Waals surface area contributed by atoms with Gasteiger partial charge in [0.15, 0.2) is 0 Å². The van der Waals surface area contributed by atoms with Crippen LogP contribution in [0.3, 0.4) is 0 Å². The molecule has 1 aromatic carbocycles. The Kier molecular flexibility index (Phi) is 4.37. The Bertz CT molecular complexity index is 705. The normalized spacial score (nSPS) is 10.4. The first-order valence-corrected chi connectivity index (χ1v) is 6.47. The van der Waals surface area contributed by atoms with E-state index in [1.807, 2.05) is 0 Å². The summed E-state index contributed by atoms with van der Waals surface area (Å²) in [6.07, 6.45) is 0.0832. The van der Waals surface area contributed by atoms with Crippen LogP contribution in [0.25, 0.3) is 11.4 Å². The Labute approximate surface area is 121 Å². The van der Waals surface area contributed by atoms with Crippen LogP contribution in [0.2, 0.25) is 0 Å². The van der Waals surface area contributed by atoms with Crippen LogP contribution < -0.4 is 10.3 Å². The van der Waals surface area contributed by atoms with Crippen LogP contribution >= 0.6 is 0 Å². The highest BCUT2D eigenvalue weighted by atomic mass is 16.5. The molecule has 6 nitrogen and oxygen atoms in total. The SMILES string of the molecule is COc1ccc(-c2nc(C)c(CCC(=O)O)c(=O)[nH]2)cc1. The summed E-state index contributed by atoms with van der Waals surface area (Å²) < 4.78 is 5.08. The van der Waals surface area contributed by atoms with E-state index in [0.717, 1.165) is 11.3 Å². The van der Waals surface area contributed by atoms with Gasteiger partial charge in [0, 0.05) is 23.2 Å². The standard InChI is InChI=1S/C15H16N2O4/c1-9-12(7-8-13(18)19)15(20)17-14(16-9)10-3-5-11(21-2)6-4-10/h3-6H,7-8H2,1-2H3,(H,18,19)(H,16,17,20). The number of H-pyrrole nitrogens is 1. The molecule has 0 aliphatic carbocycles. The van der Waals surface area contributed by atoms with Gasteiger partial charge in [0.1, 0.15) is 11.6 Å². The Morgan fingerprint density at radius 3 is 2.52 bits per heavy atom. The Morgan fingerprint density at radius 2 is 2.00 bits per heavy atom. The lowest BCUT2D eigenvalue weighted by atomic mass is 10.1. The zero-order valence-corrected chi connectivity index (χ0v) is 11.8. The summed E-state index contributed by atoms with van der Waals surface area (Å²) in [4.78, 5) is 29.7. The van der Waals surface area contributed by atoms with Crippen LogP contribution in [0.4, 0.5) is 0 Å². The second kappa shape index (κ2) is 6.21. The molecule has 0 aliphatic heterocycles. The van der Waals surface area contributed by atoms with E-state index in [1.165, 1.54) is 0 Å². The maximum atomic E-state index is 12.1. The van der Waals surface area contributed by atoms with Gasteiger partial charge >= 0.3 is 5.97 Å². The third kappa shape index (κ3) is 3.47. The third-order valence-electron chi connectivity index (χ3n) is 3.17. The number of carboxylic acids is 1. The maximum Gasteiger partial charge on any atom is 0.303 e. The lowest BCUT2D eigenvalue weighted by molar-refractivity contribution is -0.136. The van der Waals surface area contributed by atoms with Crippen LogP contribution in [-0.4, -0.2) is 28.2 Å². The van der Waals surface area contributed by atoms with Gasteiger partial charge < -0.3 is 14.8 Å². The number of nitrogens with one attached hydrogen (secondary N) is 1. The van der Waals surface area contributed by atoms with E-state index in [4.69, 9.17) is 9.84 Å². The summed E-state index contributed by atoms with van der Waals surface area (Å²) in [6, 6.07) is 7.16. The molecule has 21 heavy (non-hydrogen) atoms. The summed E-state index contributed by atoms with van der Waals surface area (Å²) in [5.41, 5.74) is 1.43. The zero-order chi connectivity index (χ0) is 15.4. The summed E-state index contributed by atoms with van der Waals surface area (Å²) in [7, 11) is 1.58. The number of carbonyl (C=O) groups is 1. The minimum Gasteiger partial charge on any atom is -0.497 e. The predicted molar refractivity (Wildman–Crippen MR) is 77.5 cm³/mol. The van der Waals surface area contributed by atoms with Crippen molar-refractivity contribution >= 4 is 5.97 Å². The third-order valence-corrected chi connectivity index (χ3v) is 3.17. The van der Waals surface area contributed by atoms with E-state index in [2.05, 4.69) is 9.97 Å². The van der Waals surface area contributed by atoms with Crippen LogP contribution in [0.5, 0.6) is 5.75 Å². The topological polar surface area (TPSA) is 92.3 Å². The number of aryl methyl sites for hydroxylation is 1. The lowest BCUT2D eigenvalue weighted by Crippen LogP contribution is -2.18. The number of benzene rings is 1. The number of rotatable bonds is 5. The molecule has 2 aromatic rings. The van der Waals surface area contributed by atoms with Crippen molar-refractivity contribution in [3.05, 3.63) is 45.9 Å². The van der Waals surface area contributed by atoms with Gasteiger partial charge in [-0.25, -0.2) is 4.98 Å². The zero-order valence-electron chi connectivity index (χ0n) is 11.8. The number of aromatic nitrogens is 2. The fourth-order valence-electron chi connectivity index (χ4n) is 2.02. The van der Waals surface area contributed by atoms with Gasteiger partial charge in [-0.3, -0.25) is 9.59 Å². The highest BCUT2D eigenvalue weighted by Gasteiger charge is 2.11. The maximum absolute atomic E-state index is 12.1. The number of hydrogen-bond donors (Lipinski definition) is 2. The summed E-state index contributed by atoms with van der Waals surface area (Å²) in [6.45, 7) is 1.71. The number of ether oxygens (including phenoxy) is 1. The van der Waals surface area contributed by atoms with E-state index in [-0.39, 0.29) is 18.4 Å². The first kappa shape index (κ1) is 14.8. The average molecular weight is 288 g/mol. The van der Waals surface area contributed by atoms with E-state index in [0.29, 0.717) is 17.1 Å². The van der Waals surface area contributed by atoms with Gasteiger partial charge in [-0.2, -0.15) is 0 Å². The van der Waals surface area contributed by atoms with E-state index < -0.39 is 5.97 Å². The van der Waals surface area contributed by atoms with E-state index in [9.17, 15) is 9.59 Å². The molecule has 0 aliphatic rings. The molecule has 110 valence electrons. The van der Waals surface area contributed by atoms with E-state index >= 15 is 0 Å². The molecular weight excluding hydrogens is 272 g/mol. The molecular formula is C15H16N2O4.